The minimum atomic E-state index is -1.29. The van der Waals surface area contributed by atoms with Crippen molar-refractivity contribution in [3.63, 3.8) is 0 Å². The number of fused-ring (bicyclic) bond motifs is 1. The van der Waals surface area contributed by atoms with E-state index >= 15 is 0 Å². The minimum absolute atomic E-state index is 0.0289. The summed E-state index contributed by atoms with van der Waals surface area (Å²) in [4.78, 5) is 12.0. The van der Waals surface area contributed by atoms with Crippen molar-refractivity contribution in [3.8, 4) is 5.88 Å². The van der Waals surface area contributed by atoms with Crippen LogP contribution in [0.5, 0.6) is 5.88 Å². The Kier molecular flexibility index (Phi) is 5.33. The van der Waals surface area contributed by atoms with E-state index in [2.05, 4.69) is 27.3 Å². The highest BCUT2D eigenvalue weighted by molar-refractivity contribution is 7.85. The molecule has 7 nitrogen and oxygen atoms in total. The Bertz CT molecular complexity index is 954. The Morgan fingerprint density at radius 3 is 2.60 bits per heavy atom. The molecule has 0 unspecified atom stereocenters. The van der Waals surface area contributed by atoms with Crippen molar-refractivity contribution >= 4 is 34.2 Å². The first kappa shape index (κ1) is 20.0. The second kappa shape index (κ2) is 7.98. The highest BCUT2D eigenvalue weighted by Crippen LogP contribution is 2.40. The van der Waals surface area contributed by atoms with Crippen molar-refractivity contribution in [1.82, 2.24) is 9.97 Å². The second-order valence-electron chi connectivity index (χ2n) is 8.34. The summed E-state index contributed by atoms with van der Waals surface area (Å²) >= 11 is 6.02. The highest BCUT2D eigenvalue weighted by atomic mass is 35.5. The highest BCUT2D eigenvalue weighted by Gasteiger charge is 2.39. The van der Waals surface area contributed by atoms with Crippen molar-refractivity contribution in [2.45, 2.75) is 48.5 Å². The molecule has 1 aromatic carbocycles. The molecule has 3 heterocycles. The number of rotatable bonds is 5. The summed E-state index contributed by atoms with van der Waals surface area (Å²) in [5, 5.41) is 14.0. The molecule has 1 aromatic heterocycles. The standard InChI is InChI=1S/C21H25ClN4O3S/c22-16-4-2-14(3-5-16)15-6-10-26(11-7-15)20-23-18(25-21(12-27)8-1-9-21)17-19(24-20)29-13-30(17)28/h2-5,15,27H,1,6-13H2,(H,23,24,25)/t30-/m1/s1. The van der Waals surface area contributed by atoms with Crippen LogP contribution in [0.15, 0.2) is 29.2 Å². The Hall–Kier alpha value is -1.90. The lowest BCUT2D eigenvalue weighted by molar-refractivity contribution is 0.143. The zero-order valence-electron chi connectivity index (χ0n) is 16.6. The average Bonchev–Trinajstić information content (AvgIpc) is 3.12. The molecule has 30 heavy (non-hydrogen) atoms. The second-order valence-corrected chi connectivity index (χ2v) is 10.1. The zero-order chi connectivity index (χ0) is 20.7. The van der Waals surface area contributed by atoms with Crippen LogP contribution in [0.1, 0.15) is 43.6 Å². The van der Waals surface area contributed by atoms with Gasteiger partial charge in [-0.2, -0.15) is 9.97 Å². The molecule has 1 aliphatic carbocycles. The van der Waals surface area contributed by atoms with Crippen LogP contribution in [0.3, 0.4) is 0 Å². The van der Waals surface area contributed by atoms with E-state index in [1.165, 1.54) is 5.56 Å². The molecule has 2 N–H and O–H groups in total. The Labute approximate surface area is 183 Å². The molecule has 1 saturated carbocycles. The third-order valence-corrected chi connectivity index (χ3v) is 7.88. The lowest BCUT2D eigenvalue weighted by Gasteiger charge is -2.41. The molecule has 1 atom stereocenters. The quantitative estimate of drug-likeness (QED) is 0.725. The monoisotopic (exact) mass is 448 g/mol. The van der Waals surface area contributed by atoms with E-state index in [0.717, 1.165) is 50.2 Å². The van der Waals surface area contributed by atoms with Crippen LogP contribution in [0.4, 0.5) is 11.8 Å². The maximum Gasteiger partial charge on any atom is 0.238 e. The van der Waals surface area contributed by atoms with Gasteiger partial charge in [0.2, 0.25) is 11.8 Å². The summed E-state index contributed by atoms with van der Waals surface area (Å²) in [7, 11) is -1.29. The largest absolute Gasteiger partial charge is 0.463 e. The molecule has 2 fully saturated rings. The Morgan fingerprint density at radius 2 is 1.97 bits per heavy atom. The first-order valence-electron chi connectivity index (χ1n) is 10.4. The lowest BCUT2D eigenvalue weighted by atomic mass is 9.77. The summed E-state index contributed by atoms with van der Waals surface area (Å²) in [5.41, 5.74) is 0.929. The number of piperidine rings is 1. The SMILES string of the molecule is O=[S@@]1COc2nc(N3CCC(c4ccc(Cl)cc4)CC3)nc(NC3(CO)CCC3)c21. The number of aromatic nitrogens is 2. The summed E-state index contributed by atoms with van der Waals surface area (Å²) in [6.07, 6.45) is 4.80. The number of benzene rings is 1. The van der Waals surface area contributed by atoms with Gasteiger partial charge in [0, 0.05) is 18.1 Å². The van der Waals surface area contributed by atoms with Crippen LogP contribution in [-0.4, -0.2) is 50.5 Å². The van der Waals surface area contributed by atoms with E-state index in [1.54, 1.807) is 0 Å². The fourth-order valence-electron chi connectivity index (χ4n) is 4.44. The minimum Gasteiger partial charge on any atom is -0.463 e. The fraction of sp³-hybridized carbons (Fsp3) is 0.524. The smallest absolute Gasteiger partial charge is 0.238 e. The summed E-state index contributed by atoms with van der Waals surface area (Å²) < 4.78 is 18.1. The number of hydrogen-bond donors (Lipinski definition) is 2. The van der Waals surface area contributed by atoms with E-state index < -0.39 is 10.8 Å². The van der Waals surface area contributed by atoms with Gasteiger partial charge in [0.25, 0.3) is 0 Å². The van der Waals surface area contributed by atoms with Crippen LogP contribution < -0.4 is 15.0 Å². The van der Waals surface area contributed by atoms with E-state index in [9.17, 15) is 9.32 Å². The lowest BCUT2D eigenvalue weighted by Crippen LogP contribution is -2.48. The fourth-order valence-corrected chi connectivity index (χ4v) is 5.52. The van der Waals surface area contributed by atoms with Gasteiger partial charge in [-0.3, -0.25) is 4.21 Å². The van der Waals surface area contributed by atoms with Crippen LogP contribution in [0, 0.1) is 0 Å². The molecule has 160 valence electrons. The first-order valence-corrected chi connectivity index (χ1v) is 12.1. The summed E-state index contributed by atoms with van der Waals surface area (Å²) in [6.45, 7) is 1.70. The van der Waals surface area contributed by atoms with E-state index in [4.69, 9.17) is 21.3 Å². The van der Waals surface area contributed by atoms with Gasteiger partial charge in [-0.05, 0) is 55.7 Å². The third kappa shape index (κ3) is 3.65. The Balaban J connectivity index is 1.37. The molecule has 9 heteroatoms. The van der Waals surface area contributed by atoms with Gasteiger partial charge in [0.05, 0.1) is 12.1 Å². The van der Waals surface area contributed by atoms with Crippen molar-refractivity contribution in [1.29, 1.82) is 0 Å². The maximum absolute atomic E-state index is 12.5. The number of nitrogens with one attached hydrogen (secondary N) is 1. The molecule has 2 aromatic rings. The van der Waals surface area contributed by atoms with Gasteiger partial charge >= 0.3 is 0 Å². The van der Waals surface area contributed by atoms with E-state index in [0.29, 0.717) is 28.5 Å². The average molecular weight is 449 g/mol. The number of halogens is 1. The summed E-state index contributed by atoms with van der Waals surface area (Å²) in [6, 6.07) is 8.10. The predicted molar refractivity (Wildman–Crippen MR) is 117 cm³/mol. The van der Waals surface area contributed by atoms with E-state index in [-0.39, 0.29) is 18.1 Å². The predicted octanol–water partition coefficient (Wildman–Crippen LogP) is 3.30. The molecule has 3 aliphatic rings. The zero-order valence-corrected chi connectivity index (χ0v) is 18.2. The van der Waals surface area contributed by atoms with Crippen molar-refractivity contribution in [3.05, 3.63) is 34.9 Å². The first-order chi connectivity index (χ1) is 14.6. The Morgan fingerprint density at radius 1 is 1.23 bits per heavy atom. The van der Waals surface area contributed by atoms with Crippen molar-refractivity contribution in [2.24, 2.45) is 0 Å². The normalized spacial score (nSPS) is 22.9. The molecule has 0 amide bonds. The van der Waals surface area contributed by atoms with Gasteiger partial charge in [-0.1, -0.05) is 23.7 Å². The number of hydrogen-bond acceptors (Lipinski definition) is 7. The van der Waals surface area contributed by atoms with Gasteiger partial charge in [0.1, 0.15) is 15.7 Å². The molecular formula is C21H25ClN4O3S. The number of aliphatic hydroxyl groups is 1. The molecule has 2 aliphatic heterocycles. The summed E-state index contributed by atoms with van der Waals surface area (Å²) in [5.74, 6) is 2.12. The van der Waals surface area contributed by atoms with Crippen LogP contribution in [0.25, 0.3) is 0 Å². The van der Waals surface area contributed by atoms with E-state index in [1.807, 2.05) is 12.1 Å². The van der Waals surface area contributed by atoms with Gasteiger partial charge in [0.15, 0.2) is 11.8 Å². The molecule has 0 radical (unpaired) electrons. The topological polar surface area (TPSA) is 87.6 Å². The maximum atomic E-state index is 12.5. The van der Waals surface area contributed by atoms with Crippen LogP contribution in [0.2, 0.25) is 5.02 Å². The number of nitrogens with zero attached hydrogens (tertiary/aromatic N) is 3. The molecule has 0 bridgehead atoms. The molecule has 0 spiro atoms. The van der Waals surface area contributed by atoms with Gasteiger partial charge < -0.3 is 20.1 Å². The van der Waals surface area contributed by atoms with Crippen molar-refractivity contribution < 1.29 is 14.1 Å². The van der Waals surface area contributed by atoms with Crippen LogP contribution >= 0.6 is 11.6 Å². The molecule has 5 rings (SSSR count). The van der Waals surface area contributed by atoms with Crippen molar-refractivity contribution in [2.75, 3.05) is 35.9 Å². The number of anilines is 2. The third-order valence-electron chi connectivity index (χ3n) is 6.47. The van der Waals surface area contributed by atoms with Crippen LogP contribution in [-0.2, 0) is 10.8 Å². The number of aliphatic hydroxyl groups excluding tert-OH is 1. The number of ether oxygens (including phenoxy) is 1. The molecule has 1 saturated heterocycles. The van der Waals surface area contributed by atoms with Gasteiger partial charge in [-0.15, -0.1) is 0 Å². The molecular weight excluding hydrogens is 424 g/mol. The van der Waals surface area contributed by atoms with Gasteiger partial charge in [-0.25, -0.2) is 0 Å².